The van der Waals surface area contributed by atoms with E-state index >= 15 is 0 Å². The van der Waals surface area contributed by atoms with Gasteiger partial charge < -0.3 is 5.32 Å². The van der Waals surface area contributed by atoms with Gasteiger partial charge in [0.05, 0.1) is 0 Å². The molecule has 1 N–H and O–H groups in total. The van der Waals surface area contributed by atoms with Crippen molar-refractivity contribution in [3.63, 3.8) is 0 Å². The third kappa shape index (κ3) is 3.05. The van der Waals surface area contributed by atoms with Crippen molar-refractivity contribution in [2.24, 2.45) is 0 Å². The Labute approximate surface area is 103 Å². The van der Waals surface area contributed by atoms with Crippen molar-refractivity contribution >= 4 is 0 Å². The van der Waals surface area contributed by atoms with Gasteiger partial charge in [0.15, 0.2) is 0 Å². The summed E-state index contributed by atoms with van der Waals surface area (Å²) in [5.41, 5.74) is 1.20. The Morgan fingerprint density at radius 1 is 1.41 bits per heavy atom. The molecule has 1 fully saturated rings. The van der Waals surface area contributed by atoms with E-state index in [-0.39, 0.29) is 5.82 Å². The Kier molecular flexibility index (Phi) is 4.13. The van der Waals surface area contributed by atoms with Crippen LogP contribution in [0.25, 0.3) is 0 Å². The highest BCUT2D eigenvalue weighted by Crippen LogP contribution is 2.21. The zero-order chi connectivity index (χ0) is 12.3. The fourth-order valence-corrected chi connectivity index (χ4v) is 2.43. The summed E-state index contributed by atoms with van der Waals surface area (Å²) in [6.07, 6.45) is 1.16. The third-order valence-electron chi connectivity index (χ3n) is 3.68. The molecule has 17 heavy (non-hydrogen) atoms. The predicted molar refractivity (Wildman–Crippen MR) is 68.5 cm³/mol. The topological polar surface area (TPSA) is 15.3 Å². The molecule has 1 aliphatic rings. The van der Waals surface area contributed by atoms with Crippen LogP contribution in [0.1, 0.15) is 31.9 Å². The summed E-state index contributed by atoms with van der Waals surface area (Å²) in [7, 11) is 0. The molecule has 1 aliphatic heterocycles. The standard InChI is InChI=1S/C14H21FN2/c1-3-14-10-17(9-8-16-14)11(2)12-4-6-13(15)7-5-12/h4-7,11,14,16H,3,8-10H2,1-2H3. The van der Waals surface area contributed by atoms with Gasteiger partial charge in [-0.3, -0.25) is 4.90 Å². The van der Waals surface area contributed by atoms with Crippen molar-refractivity contribution in [2.75, 3.05) is 19.6 Å². The van der Waals surface area contributed by atoms with Gasteiger partial charge in [-0.25, -0.2) is 4.39 Å². The van der Waals surface area contributed by atoms with Gasteiger partial charge in [-0.1, -0.05) is 19.1 Å². The van der Waals surface area contributed by atoms with Crippen LogP contribution in [0.2, 0.25) is 0 Å². The van der Waals surface area contributed by atoms with Gasteiger partial charge in [0.2, 0.25) is 0 Å². The smallest absolute Gasteiger partial charge is 0.123 e. The van der Waals surface area contributed by atoms with E-state index < -0.39 is 0 Å². The van der Waals surface area contributed by atoms with Gasteiger partial charge >= 0.3 is 0 Å². The number of nitrogens with one attached hydrogen (secondary N) is 1. The molecule has 0 spiro atoms. The van der Waals surface area contributed by atoms with Crippen molar-refractivity contribution in [3.05, 3.63) is 35.6 Å². The number of halogens is 1. The van der Waals surface area contributed by atoms with Gasteiger partial charge in [-0.05, 0) is 31.0 Å². The van der Waals surface area contributed by atoms with Crippen LogP contribution in [0.5, 0.6) is 0 Å². The number of benzene rings is 1. The molecule has 0 radical (unpaired) electrons. The number of piperazine rings is 1. The van der Waals surface area contributed by atoms with Crippen LogP contribution in [0.15, 0.2) is 24.3 Å². The van der Waals surface area contributed by atoms with Gasteiger partial charge in [-0.15, -0.1) is 0 Å². The Morgan fingerprint density at radius 2 is 2.12 bits per heavy atom. The molecule has 0 aromatic heterocycles. The highest BCUT2D eigenvalue weighted by molar-refractivity contribution is 5.19. The van der Waals surface area contributed by atoms with Crippen molar-refractivity contribution in [1.29, 1.82) is 0 Å². The minimum atomic E-state index is -0.160. The van der Waals surface area contributed by atoms with Crippen LogP contribution >= 0.6 is 0 Å². The summed E-state index contributed by atoms with van der Waals surface area (Å²) >= 11 is 0. The Hall–Kier alpha value is -0.930. The molecular formula is C14H21FN2. The van der Waals surface area contributed by atoms with E-state index in [1.54, 1.807) is 12.1 Å². The lowest BCUT2D eigenvalue weighted by molar-refractivity contribution is 0.151. The molecule has 1 heterocycles. The zero-order valence-electron chi connectivity index (χ0n) is 10.6. The quantitative estimate of drug-likeness (QED) is 0.867. The van der Waals surface area contributed by atoms with E-state index in [0.717, 1.165) is 26.1 Å². The van der Waals surface area contributed by atoms with Crippen LogP contribution in [-0.2, 0) is 0 Å². The van der Waals surface area contributed by atoms with Gasteiger partial charge in [-0.2, -0.15) is 0 Å². The second-order valence-corrected chi connectivity index (χ2v) is 4.78. The molecule has 0 amide bonds. The van der Waals surface area contributed by atoms with Crippen molar-refractivity contribution in [2.45, 2.75) is 32.4 Å². The molecule has 2 rings (SSSR count). The summed E-state index contributed by atoms with van der Waals surface area (Å²) in [6.45, 7) is 7.60. The number of nitrogens with zero attached hydrogens (tertiary/aromatic N) is 1. The average Bonchev–Trinajstić information content (AvgIpc) is 2.39. The maximum atomic E-state index is 12.9. The van der Waals surface area contributed by atoms with Crippen LogP contribution in [0.3, 0.4) is 0 Å². The van der Waals surface area contributed by atoms with E-state index in [9.17, 15) is 4.39 Å². The van der Waals surface area contributed by atoms with E-state index in [4.69, 9.17) is 0 Å². The van der Waals surface area contributed by atoms with E-state index in [1.807, 2.05) is 12.1 Å². The van der Waals surface area contributed by atoms with Gasteiger partial charge in [0.1, 0.15) is 5.82 Å². The number of rotatable bonds is 3. The molecule has 2 atom stereocenters. The van der Waals surface area contributed by atoms with Crippen molar-refractivity contribution < 1.29 is 4.39 Å². The maximum absolute atomic E-state index is 12.9. The molecule has 0 saturated carbocycles. The SMILES string of the molecule is CCC1CN(C(C)c2ccc(F)cc2)CCN1. The minimum Gasteiger partial charge on any atom is -0.311 e. The summed E-state index contributed by atoms with van der Waals surface area (Å²) in [5.74, 6) is -0.160. The highest BCUT2D eigenvalue weighted by Gasteiger charge is 2.22. The second kappa shape index (κ2) is 5.61. The first-order chi connectivity index (χ1) is 8.20. The third-order valence-corrected chi connectivity index (χ3v) is 3.68. The molecule has 0 aliphatic carbocycles. The van der Waals surface area contributed by atoms with Crippen LogP contribution in [0.4, 0.5) is 4.39 Å². The summed E-state index contributed by atoms with van der Waals surface area (Å²) in [4.78, 5) is 2.47. The Balaban J connectivity index is 2.03. The summed E-state index contributed by atoms with van der Waals surface area (Å²) in [6, 6.07) is 7.83. The molecular weight excluding hydrogens is 215 g/mol. The molecule has 2 unspecified atom stereocenters. The van der Waals surface area contributed by atoms with Gasteiger partial charge in [0.25, 0.3) is 0 Å². The van der Waals surface area contributed by atoms with Gasteiger partial charge in [0, 0.05) is 31.7 Å². The van der Waals surface area contributed by atoms with E-state index in [0.29, 0.717) is 12.1 Å². The largest absolute Gasteiger partial charge is 0.311 e. The zero-order valence-corrected chi connectivity index (χ0v) is 10.6. The first-order valence-corrected chi connectivity index (χ1v) is 6.43. The Bertz CT molecular complexity index is 350. The van der Waals surface area contributed by atoms with Crippen molar-refractivity contribution in [3.8, 4) is 0 Å². The minimum absolute atomic E-state index is 0.160. The summed E-state index contributed by atoms with van der Waals surface area (Å²) < 4.78 is 12.9. The molecule has 2 nitrogen and oxygen atoms in total. The fourth-order valence-electron chi connectivity index (χ4n) is 2.43. The average molecular weight is 236 g/mol. The molecule has 3 heteroatoms. The number of hydrogen-bond donors (Lipinski definition) is 1. The first-order valence-electron chi connectivity index (χ1n) is 6.43. The second-order valence-electron chi connectivity index (χ2n) is 4.78. The maximum Gasteiger partial charge on any atom is 0.123 e. The predicted octanol–water partition coefficient (Wildman–Crippen LogP) is 2.57. The lowest BCUT2D eigenvalue weighted by Crippen LogP contribution is -2.50. The molecule has 1 saturated heterocycles. The summed E-state index contributed by atoms with van der Waals surface area (Å²) in [5, 5.41) is 3.51. The molecule has 1 aromatic carbocycles. The monoisotopic (exact) mass is 236 g/mol. The Morgan fingerprint density at radius 3 is 2.76 bits per heavy atom. The molecule has 94 valence electrons. The number of hydrogen-bond acceptors (Lipinski definition) is 2. The van der Waals surface area contributed by atoms with Crippen LogP contribution in [0, 0.1) is 5.82 Å². The van der Waals surface area contributed by atoms with Crippen molar-refractivity contribution in [1.82, 2.24) is 10.2 Å². The first kappa shape index (κ1) is 12.5. The van der Waals surface area contributed by atoms with Crippen LogP contribution < -0.4 is 5.32 Å². The van der Waals surface area contributed by atoms with E-state index in [2.05, 4.69) is 24.1 Å². The molecule has 0 bridgehead atoms. The lowest BCUT2D eigenvalue weighted by atomic mass is 10.0. The molecule has 1 aromatic rings. The normalized spacial score (nSPS) is 23.6. The van der Waals surface area contributed by atoms with E-state index in [1.165, 1.54) is 5.56 Å². The lowest BCUT2D eigenvalue weighted by Gasteiger charge is -2.37. The van der Waals surface area contributed by atoms with Crippen LogP contribution in [-0.4, -0.2) is 30.6 Å². The highest BCUT2D eigenvalue weighted by atomic mass is 19.1. The fraction of sp³-hybridized carbons (Fsp3) is 0.571.